The summed E-state index contributed by atoms with van der Waals surface area (Å²) in [5, 5.41) is 17.5. The van der Waals surface area contributed by atoms with E-state index >= 15 is 0 Å². The Morgan fingerprint density at radius 2 is 1.38 bits per heavy atom. The van der Waals surface area contributed by atoms with Crippen LogP contribution in [0.2, 0.25) is 0 Å². The molecule has 2 aromatic carbocycles. The molecule has 0 saturated heterocycles. The fourth-order valence-electron chi connectivity index (χ4n) is 1.93. The smallest absolute Gasteiger partial charge is 1.00 e. The minimum absolute atomic E-state index is 0. The first-order chi connectivity index (χ1) is 11.1. The number of carboxylic acid groups (broad SMARTS) is 1. The van der Waals surface area contributed by atoms with Gasteiger partial charge in [-0.15, -0.1) is 0 Å². The Bertz CT molecular complexity index is 750. The second-order valence-electron chi connectivity index (χ2n) is 4.89. The van der Waals surface area contributed by atoms with Crippen molar-refractivity contribution in [2.45, 2.75) is 6.61 Å². The number of carbonyl (C=O) groups is 2. The number of ketones is 1. The fourth-order valence-corrected chi connectivity index (χ4v) is 1.93. The molecule has 0 radical (unpaired) electrons. The van der Waals surface area contributed by atoms with E-state index in [0.29, 0.717) is 5.56 Å². The molecule has 0 amide bonds. The number of aliphatic hydroxyl groups is 1. The molecule has 0 heterocycles. The van der Waals surface area contributed by atoms with Crippen LogP contribution in [-0.4, -0.2) is 22.0 Å². The molecule has 0 spiro atoms. The van der Waals surface area contributed by atoms with Crippen molar-refractivity contribution in [3.63, 3.8) is 0 Å². The molecule has 0 saturated carbocycles. The van der Waals surface area contributed by atoms with Crippen LogP contribution in [0.1, 0.15) is 28.5 Å². The molecule has 5 heteroatoms. The third-order valence-corrected chi connectivity index (χ3v) is 3.20. The van der Waals surface area contributed by atoms with Crippen LogP contribution in [0, 0.1) is 0 Å². The number of aliphatic hydroxyl groups excluding tert-OH is 1. The second kappa shape index (κ2) is 10.5. The zero-order valence-electron chi connectivity index (χ0n) is 14.3. The first kappa shape index (κ1) is 20.7. The van der Waals surface area contributed by atoms with Crippen LogP contribution in [0.4, 0.5) is 0 Å². The van der Waals surface area contributed by atoms with Gasteiger partial charge in [0, 0.05) is 11.6 Å². The fraction of sp³-hybridized carbons (Fsp3) is 0.0526. The summed E-state index contributed by atoms with van der Waals surface area (Å²) in [7, 11) is 0. The molecule has 24 heavy (non-hydrogen) atoms. The normalized spacial score (nSPS) is 10.7. The summed E-state index contributed by atoms with van der Waals surface area (Å²) in [6.07, 6.45) is 5.76. The molecule has 2 rings (SSSR count). The van der Waals surface area contributed by atoms with Crippen LogP contribution >= 0.6 is 0 Å². The molecule has 4 nitrogen and oxygen atoms in total. The molecular weight excluding hydrogens is 331 g/mol. The number of carbonyl (C=O) groups excluding carboxylic acids is 1. The van der Waals surface area contributed by atoms with E-state index < -0.39 is 5.97 Å². The molecular formula is C19H17KO4. The summed E-state index contributed by atoms with van der Waals surface area (Å²) in [5.41, 5.74) is 2.93. The average Bonchev–Trinajstić information content (AvgIpc) is 2.58. The van der Waals surface area contributed by atoms with Gasteiger partial charge in [0.2, 0.25) is 0 Å². The number of hydrogen-bond donors (Lipinski definition) is 2. The van der Waals surface area contributed by atoms with Gasteiger partial charge < -0.3 is 11.6 Å². The Hall–Kier alpha value is -1.34. The van der Waals surface area contributed by atoms with Crippen LogP contribution in [0.15, 0.2) is 60.7 Å². The molecule has 0 atom stereocenters. The molecule has 0 aromatic heterocycles. The largest absolute Gasteiger partial charge is 1.00 e. The van der Waals surface area contributed by atoms with E-state index in [9.17, 15) is 9.59 Å². The quantitative estimate of drug-likeness (QED) is 0.447. The van der Waals surface area contributed by atoms with Crippen molar-refractivity contribution in [3.05, 3.63) is 82.9 Å². The van der Waals surface area contributed by atoms with Gasteiger partial charge in [-0.25, -0.2) is 4.79 Å². The summed E-state index contributed by atoms with van der Waals surface area (Å²) in [6.45, 7) is -0.0486. The van der Waals surface area contributed by atoms with E-state index in [-0.39, 0.29) is 65.2 Å². The zero-order valence-corrected chi connectivity index (χ0v) is 16.5. The number of benzene rings is 2. The van der Waals surface area contributed by atoms with Crippen LogP contribution in [0.3, 0.4) is 0 Å². The van der Waals surface area contributed by atoms with E-state index in [1.54, 1.807) is 54.6 Å². The van der Waals surface area contributed by atoms with Crippen LogP contribution in [-0.2, 0) is 11.4 Å². The van der Waals surface area contributed by atoms with Gasteiger partial charge in [-0.2, -0.15) is 0 Å². The maximum Gasteiger partial charge on any atom is 1.00 e. The Labute approximate surface area is 184 Å². The number of carboxylic acids is 1. The molecule has 0 aliphatic heterocycles. The zero-order chi connectivity index (χ0) is 16.7. The maximum atomic E-state index is 12.0. The predicted molar refractivity (Wildman–Crippen MR) is 90.0 cm³/mol. The maximum absolute atomic E-state index is 12.0. The Morgan fingerprint density at radius 3 is 1.83 bits per heavy atom. The van der Waals surface area contributed by atoms with Crippen molar-refractivity contribution in [2.75, 3.05) is 0 Å². The first-order valence-corrected chi connectivity index (χ1v) is 7.02. The van der Waals surface area contributed by atoms with E-state index in [0.717, 1.165) is 22.8 Å². The van der Waals surface area contributed by atoms with Gasteiger partial charge in [0.05, 0.1) is 6.61 Å². The Balaban J connectivity index is 0.00000288. The van der Waals surface area contributed by atoms with E-state index in [4.69, 9.17) is 10.2 Å². The van der Waals surface area contributed by atoms with E-state index in [1.807, 2.05) is 0 Å². The van der Waals surface area contributed by atoms with Crippen molar-refractivity contribution in [1.29, 1.82) is 0 Å². The first-order valence-electron chi connectivity index (χ1n) is 7.02. The monoisotopic (exact) mass is 348 g/mol. The topological polar surface area (TPSA) is 74.6 Å². The number of allylic oxidation sites excluding steroid dienone is 1. The summed E-state index contributed by atoms with van der Waals surface area (Å²) in [5.74, 6) is -1.11. The van der Waals surface area contributed by atoms with E-state index in [1.165, 1.54) is 12.2 Å². The summed E-state index contributed by atoms with van der Waals surface area (Å²) >= 11 is 0. The van der Waals surface area contributed by atoms with Gasteiger partial charge in [-0.05, 0) is 28.8 Å². The number of hydrogen-bond acceptors (Lipinski definition) is 3. The summed E-state index contributed by atoms with van der Waals surface area (Å²) < 4.78 is 0. The molecule has 0 fully saturated rings. The van der Waals surface area contributed by atoms with E-state index in [2.05, 4.69) is 0 Å². The predicted octanol–water partition coefficient (Wildman–Crippen LogP) is 0.289. The third-order valence-electron chi connectivity index (χ3n) is 3.20. The van der Waals surface area contributed by atoms with Gasteiger partial charge in [-0.3, -0.25) is 4.79 Å². The van der Waals surface area contributed by atoms with Crippen LogP contribution in [0.25, 0.3) is 12.2 Å². The Morgan fingerprint density at radius 1 is 0.875 bits per heavy atom. The molecule has 2 aromatic rings. The number of rotatable bonds is 6. The van der Waals surface area contributed by atoms with Gasteiger partial charge in [-0.1, -0.05) is 54.6 Å². The van der Waals surface area contributed by atoms with Crippen molar-refractivity contribution >= 4 is 23.9 Å². The molecule has 0 aliphatic rings. The molecule has 118 valence electrons. The van der Waals surface area contributed by atoms with Crippen molar-refractivity contribution < 1.29 is 72.6 Å². The van der Waals surface area contributed by atoms with Crippen LogP contribution in [0.5, 0.6) is 0 Å². The van der Waals surface area contributed by atoms with Crippen molar-refractivity contribution in [3.8, 4) is 0 Å². The van der Waals surface area contributed by atoms with Crippen molar-refractivity contribution in [1.82, 2.24) is 0 Å². The standard InChI is InChI=1S/C19H16O4.K.H/c20-13-16-5-9-17(10-6-16)18(21)11-7-14-1-3-15(4-2-14)8-12-19(22)23;;/h1-12,20H,13H2,(H,22,23);;/q;+1;-1. The molecule has 0 aliphatic carbocycles. The minimum atomic E-state index is -0.994. The summed E-state index contributed by atoms with van der Waals surface area (Å²) in [6, 6.07) is 13.9. The Kier molecular flexibility index (Phi) is 9.06. The average molecular weight is 348 g/mol. The van der Waals surface area contributed by atoms with Gasteiger partial charge in [0.15, 0.2) is 5.78 Å². The van der Waals surface area contributed by atoms with Gasteiger partial charge >= 0.3 is 57.4 Å². The second-order valence-corrected chi connectivity index (χ2v) is 4.89. The number of aliphatic carboxylic acids is 1. The van der Waals surface area contributed by atoms with Gasteiger partial charge in [0.25, 0.3) is 0 Å². The minimum Gasteiger partial charge on any atom is -1.00 e. The van der Waals surface area contributed by atoms with Gasteiger partial charge in [0.1, 0.15) is 0 Å². The molecule has 2 N–H and O–H groups in total. The third kappa shape index (κ3) is 6.64. The van der Waals surface area contributed by atoms with Crippen LogP contribution < -0.4 is 51.4 Å². The van der Waals surface area contributed by atoms with Crippen molar-refractivity contribution in [2.24, 2.45) is 0 Å². The molecule has 0 bridgehead atoms. The molecule has 0 unspecified atom stereocenters. The SMILES string of the molecule is O=C(O)C=Cc1ccc(C=CC(=O)c2ccc(CO)cc2)cc1.[H-].[K+]. The summed E-state index contributed by atoms with van der Waals surface area (Å²) in [4.78, 5) is 22.5.